The van der Waals surface area contributed by atoms with E-state index in [1.807, 2.05) is 12.1 Å². The van der Waals surface area contributed by atoms with Gasteiger partial charge < -0.3 is 10.8 Å². The van der Waals surface area contributed by atoms with Gasteiger partial charge in [0.05, 0.1) is 11.3 Å². The predicted octanol–water partition coefficient (Wildman–Crippen LogP) is 6.58. The molecule has 0 radical (unpaired) electrons. The molecular weight excluding hydrogens is 443 g/mol. The van der Waals surface area contributed by atoms with Crippen LogP contribution in [0.1, 0.15) is 68.9 Å². The van der Waals surface area contributed by atoms with Crippen LogP contribution in [0.15, 0.2) is 24.3 Å². The molecule has 168 valence electrons. The third-order valence-electron chi connectivity index (χ3n) is 4.41. The molecule has 0 aliphatic carbocycles. The number of benzene rings is 1. The quantitative estimate of drug-likeness (QED) is 0.512. The maximum atomic E-state index is 12.3. The van der Waals surface area contributed by atoms with Crippen molar-refractivity contribution in [3.05, 3.63) is 51.8 Å². The summed E-state index contributed by atoms with van der Waals surface area (Å²) in [6.45, 7) is 12.9. The van der Waals surface area contributed by atoms with Gasteiger partial charge in [-0.2, -0.15) is 0 Å². The molecule has 0 saturated carbocycles. The summed E-state index contributed by atoms with van der Waals surface area (Å²) in [7, 11) is 0. The van der Waals surface area contributed by atoms with Gasteiger partial charge in [-0.25, -0.2) is 4.79 Å². The topological polar surface area (TPSA) is 76.2 Å². The molecule has 0 unspecified atom stereocenters. The summed E-state index contributed by atoms with van der Waals surface area (Å²) < 4.78 is 0. The van der Waals surface area contributed by atoms with E-state index >= 15 is 0 Å². The Bertz CT molecular complexity index is 868. The summed E-state index contributed by atoms with van der Waals surface area (Å²) in [5.74, 6) is -0.978. The fourth-order valence-corrected chi connectivity index (χ4v) is 3.52. The number of nitrogens with two attached hydrogens (primary N) is 1. The van der Waals surface area contributed by atoms with Gasteiger partial charge in [0, 0.05) is 22.8 Å². The average Bonchev–Trinajstić information content (AvgIpc) is 2.51. The molecule has 0 aliphatic rings. The number of carboxylic acids is 1. The molecule has 1 heterocycles. The fraction of sp³-hybridized carbons (Fsp3) is 0.478. The summed E-state index contributed by atoms with van der Waals surface area (Å²) in [5, 5.41) is 10.7. The zero-order chi connectivity index (χ0) is 21.3. The normalized spacial score (nSPS) is 11.5. The van der Waals surface area contributed by atoms with Crippen molar-refractivity contribution >= 4 is 42.4 Å². The largest absolute Gasteiger partial charge is 0.478 e. The Balaban J connectivity index is 0.00000420. The minimum absolute atomic E-state index is 0. The smallest absolute Gasteiger partial charge is 0.338 e. The molecule has 0 saturated heterocycles. The van der Waals surface area contributed by atoms with Gasteiger partial charge in [-0.1, -0.05) is 65.3 Å². The Morgan fingerprint density at radius 2 is 1.43 bits per heavy atom. The molecule has 0 fully saturated rings. The number of nitrogens with zero attached hydrogens (tertiary/aromatic N) is 1. The van der Waals surface area contributed by atoms with Crippen molar-refractivity contribution in [1.82, 2.24) is 4.98 Å². The Hall–Kier alpha value is -1.33. The van der Waals surface area contributed by atoms with Gasteiger partial charge in [0.1, 0.15) is 0 Å². The van der Waals surface area contributed by atoms with Gasteiger partial charge in [0.25, 0.3) is 0 Å². The van der Waals surface area contributed by atoms with Crippen LogP contribution in [0.2, 0.25) is 5.02 Å². The van der Waals surface area contributed by atoms with Crippen molar-refractivity contribution in [1.29, 1.82) is 0 Å². The van der Waals surface area contributed by atoms with Gasteiger partial charge in [0.15, 0.2) is 0 Å². The third-order valence-corrected chi connectivity index (χ3v) is 4.66. The lowest BCUT2D eigenvalue weighted by Crippen LogP contribution is -2.22. The van der Waals surface area contributed by atoms with Gasteiger partial charge in [-0.05, 0) is 46.9 Å². The van der Waals surface area contributed by atoms with E-state index in [0.717, 1.165) is 23.2 Å². The van der Waals surface area contributed by atoms with E-state index in [0.29, 0.717) is 22.7 Å². The SMILES string of the molecule is CC(C)(C)Cc1nc(CC(C)(C)C)c(C(=O)O)c(-c2ccc(Cl)cc2)c1CN.Cl.Cl. The number of hydrogen-bond donors (Lipinski definition) is 2. The lowest BCUT2D eigenvalue weighted by molar-refractivity contribution is 0.0695. The monoisotopic (exact) mass is 474 g/mol. The first-order valence-corrected chi connectivity index (χ1v) is 9.94. The standard InChI is InChI=1S/C23H31ClN2O2.2ClH/c1-22(2,3)11-17-16(13-25)19(14-7-9-15(24)10-8-14)20(21(27)28)18(26-17)12-23(4,5)6;;/h7-10H,11-13,25H2,1-6H3,(H,27,28);2*1H. The van der Waals surface area contributed by atoms with E-state index in [2.05, 4.69) is 41.5 Å². The Morgan fingerprint density at radius 3 is 1.83 bits per heavy atom. The Kier molecular flexibility index (Phi) is 10.3. The molecule has 0 atom stereocenters. The Labute approximate surface area is 197 Å². The summed E-state index contributed by atoms with van der Waals surface area (Å²) in [5.41, 5.74) is 10.0. The molecular formula is C23H33Cl3N2O2. The van der Waals surface area contributed by atoms with Crippen molar-refractivity contribution in [2.45, 2.75) is 60.9 Å². The first-order valence-electron chi connectivity index (χ1n) is 9.56. The molecule has 0 bridgehead atoms. The summed E-state index contributed by atoms with van der Waals surface area (Å²) >= 11 is 6.06. The van der Waals surface area contributed by atoms with Crippen LogP contribution in [0.25, 0.3) is 11.1 Å². The molecule has 1 aromatic heterocycles. The van der Waals surface area contributed by atoms with Crippen LogP contribution >= 0.6 is 36.4 Å². The van der Waals surface area contributed by atoms with E-state index in [1.54, 1.807) is 12.1 Å². The van der Waals surface area contributed by atoms with Gasteiger partial charge in [-0.3, -0.25) is 4.98 Å². The fourth-order valence-electron chi connectivity index (χ4n) is 3.39. The molecule has 2 aromatic rings. The molecule has 1 aromatic carbocycles. The minimum atomic E-state index is -0.978. The Morgan fingerprint density at radius 1 is 0.967 bits per heavy atom. The highest BCUT2D eigenvalue weighted by atomic mass is 35.5. The van der Waals surface area contributed by atoms with Crippen LogP contribution in [0.5, 0.6) is 0 Å². The van der Waals surface area contributed by atoms with Gasteiger partial charge in [-0.15, -0.1) is 24.8 Å². The molecule has 7 heteroatoms. The number of pyridine rings is 1. The van der Waals surface area contributed by atoms with E-state index in [-0.39, 0.29) is 47.8 Å². The summed E-state index contributed by atoms with van der Waals surface area (Å²) in [6.07, 6.45) is 1.29. The van der Waals surface area contributed by atoms with Crippen LogP contribution in [-0.2, 0) is 19.4 Å². The lowest BCUT2D eigenvalue weighted by Gasteiger charge is -2.26. The number of carbonyl (C=O) groups is 1. The lowest BCUT2D eigenvalue weighted by atomic mass is 9.82. The predicted molar refractivity (Wildman–Crippen MR) is 130 cm³/mol. The van der Waals surface area contributed by atoms with E-state index in [1.165, 1.54) is 0 Å². The zero-order valence-electron chi connectivity index (χ0n) is 18.5. The van der Waals surface area contributed by atoms with Gasteiger partial charge >= 0.3 is 5.97 Å². The minimum Gasteiger partial charge on any atom is -0.478 e. The first-order chi connectivity index (χ1) is 12.8. The molecule has 3 N–H and O–H groups in total. The highest BCUT2D eigenvalue weighted by Gasteiger charge is 2.28. The van der Waals surface area contributed by atoms with Crippen LogP contribution in [-0.4, -0.2) is 16.1 Å². The maximum Gasteiger partial charge on any atom is 0.338 e. The van der Waals surface area contributed by atoms with Crippen molar-refractivity contribution in [2.24, 2.45) is 16.6 Å². The second kappa shape index (κ2) is 10.8. The number of hydrogen-bond acceptors (Lipinski definition) is 3. The highest BCUT2D eigenvalue weighted by Crippen LogP contribution is 2.36. The van der Waals surface area contributed by atoms with Crippen LogP contribution in [0, 0.1) is 10.8 Å². The van der Waals surface area contributed by atoms with E-state index in [4.69, 9.17) is 22.3 Å². The molecule has 0 spiro atoms. The number of rotatable bonds is 5. The number of carboxylic acid groups (broad SMARTS) is 1. The second-order valence-electron chi connectivity index (χ2n) is 9.72. The first kappa shape index (κ1) is 28.7. The van der Waals surface area contributed by atoms with E-state index < -0.39 is 5.97 Å². The number of aromatic nitrogens is 1. The van der Waals surface area contributed by atoms with Gasteiger partial charge in [0.2, 0.25) is 0 Å². The molecule has 0 amide bonds. The highest BCUT2D eigenvalue weighted by molar-refractivity contribution is 6.30. The second-order valence-corrected chi connectivity index (χ2v) is 10.2. The third kappa shape index (κ3) is 7.42. The number of aromatic carboxylic acids is 1. The van der Waals surface area contributed by atoms with E-state index in [9.17, 15) is 9.90 Å². The number of halogens is 3. The molecule has 2 rings (SSSR count). The van der Waals surface area contributed by atoms with Crippen LogP contribution in [0.3, 0.4) is 0 Å². The van der Waals surface area contributed by atoms with Crippen LogP contribution < -0.4 is 5.73 Å². The molecule has 4 nitrogen and oxygen atoms in total. The average molecular weight is 476 g/mol. The summed E-state index contributed by atoms with van der Waals surface area (Å²) in [4.78, 5) is 17.2. The summed E-state index contributed by atoms with van der Waals surface area (Å²) in [6, 6.07) is 7.25. The van der Waals surface area contributed by atoms with Crippen molar-refractivity contribution < 1.29 is 9.90 Å². The van der Waals surface area contributed by atoms with Crippen molar-refractivity contribution in [2.75, 3.05) is 0 Å². The van der Waals surface area contributed by atoms with Crippen molar-refractivity contribution in [3.8, 4) is 11.1 Å². The maximum absolute atomic E-state index is 12.3. The molecule has 0 aliphatic heterocycles. The zero-order valence-corrected chi connectivity index (χ0v) is 20.9. The van der Waals surface area contributed by atoms with Crippen LogP contribution in [0.4, 0.5) is 0 Å². The molecule has 30 heavy (non-hydrogen) atoms. The van der Waals surface area contributed by atoms with Crippen molar-refractivity contribution in [3.63, 3.8) is 0 Å².